The van der Waals surface area contributed by atoms with Crippen molar-refractivity contribution in [3.05, 3.63) is 29.3 Å². The molecular formula is C14H19NO3. The van der Waals surface area contributed by atoms with Crippen molar-refractivity contribution in [2.75, 3.05) is 5.32 Å². The van der Waals surface area contributed by atoms with Crippen LogP contribution in [0.4, 0.5) is 5.69 Å². The van der Waals surface area contributed by atoms with E-state index < -0.39 is 5.97 Å². The lowest BCUT2D eigenvalue weighted by Gasteiger charge is -2.11. The lowest BCUT2D eigenvalue weighted by Crippen LogP contribution is -2.16. The van der Waals surface area contributed by atoms with Crippen LogP contribution in [-0.2, 0) is 11.2 Å². The van der Waals surface area contributed by atoms with E-state index in [0.717, 1.165) is 12.0 Å². The van der Waals surface area contributed by atoms with Crippen LogP contribution in [0.15, 0.2) is 18.2 Å². The van der Waals surface area contributed by atoms with E-state index in [-0.39, 0.29) is 17.4 Å². The molecule has 0 spiro atoms. The van der Waals surface area contributed by atoms with Crippen molar-refractivity contribution in [3.8, 4) is 0 Å². The van der Waals surface area contributed by atoms with Crippen LogP contribution in [0, 0.1) is 5.92 Å². The van der Waals surface area contributed by atoms with Crippen LogP contribution in [0.1, 0.15) is 43.1 Å². The highest BCUT2D eigenvalue weighted by atomic mass is 16.4. The fraction of sp³-hybridized carbons (Fsp3) is 0.429. The van der Waals surface area contributed by atoms with Gasteiger partial charge in [0, 0.05) is 6.42 Å². The Hall–Kier alpha value is -1.84. The standard InChI is InChI=1S/C14H19NO3/c1-4-10-5-6-12(11(8-10)14(17)18)15-13(16)7-9(2)3/h5-6,8-9H,4,7H2,1-3H3,(H,15,16)(H,17,18). The maximum absolute atomic E-state index is 11.6. The topological polar surface area (TPSA) is 66.4 Å². The molecule has 0 saturated heterocycles. The Morgan fingerprint density at radius 1 is 1.33 bits per heavy atom. The largest absolute Gasteiger partial charge is 0.478 e. The molecule has 0 aromatic heterocycles. The molecule has 0 fully saturated rings. The van der Waals surface area contributed by atoms with Gasteiger partial charge < -0.3 is 10.4 Å². The molecule has 4 nitrogen and oxygen atoms in total. The number of hydrogen-bond acceptors (Lipinski definition) is 2. The summed E-state index contributed by atoms with van der Waals surface area (Å²) in [4.78, 5) is 22.8. The van der Waals surface area contributed by atoms with Gasteiger partial charge in [-0.3, -0.25) is 4.79 Å². The zero-order valence-electron chi connectivity index (χ0n) is 11.0. The number of aromatic carboxylic acids is 1. The number of rotatable bonds is 5. The Labute approximate surface area is 107 Å². The highest BCUT2D eigenvalue weighted by Crippen LogP contribution is 2.19. The first-order valence-electron chi connectivity index (χ1n) is 6.10. The first-order valence-corrected chi connectivity index (χ1v) is 6.10. The van der Waals surface area contributed by atoms with Gasteiger partial charge in [0.25, 0.3) is 0 Å². The Kier molecular flexibility index (Phi) is 4.89. The molecule has 1 aromatic carbocycles. The van der Waals surface area contributed by atoms with E-state index in [1.165, 1.54) is 0 Å². The van der Waals surface area contributed by atoms with Crippen LogP contribution in [0.25, 0.3) is 0 Å². The number of carboxylic acid groups (broad SMARTS) is 1. The normalized spacial score (nSPS) is 10.4. The number of aryl methyl sites for hydroxylation is 1. The molecule has 0 heterocycles. The second-order valence-corrected chi connectivity index (χ2v) is 4.68. The second kappa shape index (κ2) is 6.19. The molecule has 1 rings (SSSR count). The third-order valence-electron chi connectivity index (χ3n) is 2.59. The zero-order chi connectivity index (χ0) is 13.7. The van der Waals surface area contributed by atoms with E-state index in [1.807, 2.05) is 26.8 Å². The minimum Gasteiger partial charge on any atom is -0.478 e. The van der Waals surface area contributed by atoms with Gasteiger partial charge in [-0.15, -0.1) is 0 Å². The van der Waals surface area contributed by atoms with E-state index in [1.54, 1.807) is 12.1 Å². The lowest BCUT2D eigenvalue weighted by atomic mass is 10.1. The number of benzene rings is 1. The number of nitrogens with one attached hydrogen (secondary N) is 1. The summed E-state index contributed by atoms with van der Waals surface area (Å²) >= 11 is 0. The molecule has 18 heavy (non-hydrogen) atoms. The summed E-state index contributed by atoms with van der Waals surface area (Å²) in [5.41, 5.74) is 1.45. The summed E-state index contributed by atoms with van der Waals surface area (Å²) in [6.07, 6.45) is 1.15. The molecule has 0 unspecified atom stereocenters. The van der Waals surface area contributed by atoms with E-state index >= 15 is 0 Å². The van der Waals surface area contributed by atoms with Gasteiger partial charge in [-0.1, -0.05) is 26.8 Å². The molecule has 1 amide bonds. The number of carbonyl (C=O) groups is 2. The summed E-state index contributed by atoms with van der Waals surface area (Å²) in [6.45, 7) is 5.84. The third-order valence-corrected chi connectivity index (χ3v) is 2.59. The summed E-state index contributed by atoms with van der Waals surface area (Å²) < 4.78 is 0. The molecule has 0 aliphatic heterocycles. The Bertz CT molecular complexity index is 452. The van der Waals surface area contributed by atoms with Gasteiger partial charge in [-0.2, -0.15) is 0 Å². The summed E-state index contributed by atoms with van der Waals surface area (Å²) in [7, 11) is 0. The van der Waals surface area contributed by atoms with E-state index in [4.69, 9.17) is 5.11 Å². The van der Waals surface area contributed by atoms with Crippen molar-refractivity contribution in [1.29, 1.82) is 0 Å². The van der Waals surface area contributed by atoms with Crippen molar-refractivity contribution in [2.24, 2.45) is 5.92 Å². The maximum atomic E-state index is 11.6. The first-order chi connectivity index (χ1) is 8.43. The predicted octanol–water partition coefficient (Wildman–Crippen LogP) is 2.93. The van der Waals surface area contributed by atoms with Crippen LogP contribution in [0.2, 0.25) is 0 Å². The minimum atomic E-state index is -1.02. The average molecular weight is 249 g/mol. The van der Waals surface area contributed by atoms with Gasteiger partial charge in [0.2, 0.25) is 5.91 Å². The zero-order valence-corrected chi connectivity index (χ0v) is 11.0. The highest BCUT2D eigenvalue weighted by molar-refractivity contribution is 6.00. The molecule has 0 bridgehead atoms. The molecule has 0 aliphatic rings. The quantitative estimate of drug-likeness (QED) is 0.843. The molecular weight excluding hydrogens is 230 g/mol. The minimum absolute atomic E-state index is 0.145. The number of anilines is 1. The van der Waals surface area contributed by atoms with Gasteiger partial charge in [0.15, 0.2) is 0 Å². The molecule has 1 aromatic rings. The number of amides is 1. The maximum Gasteiger partial charge on any atom is 0.337 e. The smallest absolute Gasteiger partial charge is 0.337 e. The van der Waals surface area contributed by atoms with Crippen LogP contribution in [-0.4, -0.2) is 17.0 Å². The SMILES string of the molecule is CCc1ccc(NC(=O)CC(C)C)c(C(=O)O)c1. The van der Waals surface area contributed by atoms with Gasteiger partial charge in [-0.05, 0) is 30.0 Å². The molecule has 98 valence electrons. The number of hydrogen-bond donors (Lipinski definition) is 2. The van der Waals surface area contributed by atoms with E-state index in [9.17, 15) is 9.59 Å². The van der Waals surface area contributed by atoms with Gasteiger partial charge in [0.05, 0.1) is 11.3 Å². The Balaban J connectivity index is 2.94. The van der Waals surface area contributed by atoms with Crippen LogP contribution in [0.5, 0.6) is 0 Å². The van der Waals surface area contributed by atoms with Gasteiger partial charge in [0.1, 0.15) is 0 Å². The summed E-state index contributed by atoms with van der Waals surface area (Å²) in [6, 6.07) is 5.09. The molecule has 0 saturated carbocycles. The van der Waals surface area contributed by atoms with Crippen LogP contribution >= 0.6 is 0 Å². The number of carbonyl (C=O) groups excluding carboxylic acids is 1. The molecule has 4 heteroatoms. The molecule has 0 aliphatic carbocycles. The Morgan fingerprint density at radius 3 is 2.50 bits per heavy atom. The van der Waals surface area contributed by atoms with Crippen molar-refractivity contribution >= 4 is 17.6 Å². The van der Waals surface area contributed by atoms with E-state index in [2.05, 4.69) is 5.32 Å². The van der Waals surface area contributed by atoms with Crippen molar-refractivity contribution in [1.82, 2.24) is 0 Å². The monoisotopic (exact) mass is 249 g/mol. The van der Waals surface area contributed by atoms with Crippen molar-refractivity contribution in [2.45, 2.75) is 33.6 Å². The van der Waals surface area contributed by atoms with Crippen molar-refractivity contribution < 1.29 is 14.7 Å². The summed E-state index contributed by atoms with van der Waals surface area (Å²) in [5.74, 6) is -0.935. The summed E-state index contributed by atoms with van der Waals surface area (Å²) in [5, 5.41) is 11.8. The van der Waals surface area contributed by atoms with Crippen LogP contribution < -0.4 is 5.32 Å². The molecule has 0 atom stereocenters. The predicted molar refractivity (Wildman–Crippen MR) is 70.9 cm³/mol. The third kappa shape index (κ3) is 3.87. The van der Waals surface area contributed by atoms with E-state index in [0.29, 0.717) is 12.1 Å². The Morgan fingerprint density at radius 2 is 2.00 bits per heavy atom. The van der Waals surface area contributed by atoms with Gasteiger partial charge in [-0.25, -0.2) is 4.79 Å². The fourth-order valence-electron chi connectivity index (χ4n) is 1.67. The number of carboxylic acids is 1. The highest BCUT2D eigenvalue weighted by Gasteiger charge is 2.13. The lowest BCUT2D eigenvalue weighted by molar-refractivity contribution is -0.116. The second-order valence-electron chi connectivity index (χ2n) is 4.68. The first kappa shape index (κ1) is 14.2. The van der Waals surface area contributed by atoms with Crippen LogP contribution in [0.3, 0.4) is 0 Å². The fourth-order valence-corrected chi connectivity index (χ4v) is 1.67. The van der Waals surface area contributed by atoms with Gasteiger partial charge >= 0.3 is 5.97 Å². The van der Waals surface area contributed by atoms with Crippen molar-refractivity contribution in [3.63, 3.8) is 0 Å². The molecule has 0 radical (unpaired) electrons. The average Bonchev–Trinajstić information content (AvgIpc) is 2.28. The molecule has 2 N–H and O–H groups in total.